The average Bonchev–Trinajstić information content (AvgIpc) is 3.45. The Hall–Kier alpha value is -4.45. The lowest BCUT2D eigenvalue weighted by atomic mass is 10.0. The second kappa shape index (κ2) is 66.1. The molecule has 0 aromatic heterocycles. The van der Waals surface area contributed by atoms with Crippen LogP contribution in [0.1, 0.15) is 290 Å². The van der Waals surface area contributed by atoms with Crippen LogP contribution in [0, 0.1) is 0 Å². The van der Waals surface area contributed by atoms with E-state index in [4.69, 9.17) is 14.2 Å². The Morgan fingerprint density at radius 3 is 0.785 bits per heavy atom. The lowest BCUT2D eigenvalue weighted by molar-refractivity contribution is -0.167. The highest BCUT2D eigenvalue weighted by Gasteiger charge is 2.19. The molecule has 0 rings (SSSR count). The van der Waals surface area contributed by atoms with Gasteiger partial charge in [-0.2, -0.15) is 0 Å². The van der Waals surface area contributed by atoms with E-state index in [1.54, 1.807) is 0 Å². The summed E-state index contributed by atoms with van der Waals surface area (Å²) in [6, 6.07) is 0. The molecule has 79 heavy (non-hydrogen) atoms. The van der Waals surface area contributed by atoms with Crippen LogP contribution >= 0.6 is 0 Å². The number of carbonyl (C=O) groups excluding carboxylic acids is 3. The van der Waals surface area contributed by atoms with Crippen molar-refractivity contribution in [1.29, 1.82) is 0 Å². The first kappa shape index (κ1) is 74.5. The monoisotopic (exact) mass is 1090 g/mol. The molecule has 0 amide bonds. The number of allylic oxidation sites excluding steroid dienone is 22. The quantitative estimate of drug-likeness (QED) is 0.0261. The van der Waals surface area contributed by atoms with Crippen molar-refractivity contribution in [2.45, 2.75) is 297 Å². The molecular weight excluding hydrogens is 973 g/mol. The summed E-state index contributed by atoms with van der Waals surface area (Å²) in [5.74, 6) is -0.925. The van der Waals surface area contributed by atoms with Gasteiger partial charge in [0.05, 0.1) is 0 Å². The molecule has 0 N–H and O–H groups in total. The van der Waals surface area contributed by atoms with Crippen molar-refractivity contribution in [3.63, 3.8) is 0 Å². The predicted molar refractivity (Wildman–Crippen MR) is 343 cm³/mol. The normalized spacial score (nSPS) is 13.0. The second-order valence-electron chi connectivity index (χ2n) is 21.3. The van der Waals surface area contributed by atoms with Crippen LogP contribution in [0.5, 0.6) is 0 Å². The van der Waals surface area contributed by atoms with Gasteiger partial charge in [-0.25, -0.2) is 0 Å². The predicted octanol–water partition coefficient (Wildman–Crippen LogP) is 22.5. The van der Waals surface area contributed by atoms with E-state index in [0.29, 0.717) is 19.3 Å². The van der Waals surface area contributed by atoms with Crippen molar-refractivity contribution < 1.29 is 28.6 Å². The zero-order valence-electron chi connectivity index (χ0n) is 51.3. The summed E-state index contributed by atoms with van der Waals surface area (Å²) >= 11 is 0. The van der Waals surface area contributed by atoms with Gasteiger partial charge in [-0.15, -0.1) is 0 Å². The summed E-state index contributed by atoms with van der Waals surface area (Å²) in [6.07, 6.45) is 93.3. The van der Waals surface area contributed by atoms with Crippen LogP contribution < -0.4 is 0 Å². The molecule has 0 aliphatic heterocycles. The van der Waals surface area contributed by atoms with Gasteiger partial charge in [0.25, 0.3) is 0 Å². The lowest BCUT2D eigenvalue weighted by Gasteiger charge is -2.18. The van der Waals surface area contributed by atoms with Crippen LogP contribution in [0.4, 0.5) is 0 Å². The summed E-state index contributed by atoms with van der Waals surface area (Å²) < 4.78 is 16.9. The first-order valence-corrected chi connectivity index (χ1v) is 32.7. The second-order valence-corrected chi connectivity index (χ2v) is 21.3. The van der Waals surface area contributed by atoms with E-state index in [-0.39, 0.29) is 31.1 Å². The number of esters is 3. The van der Waals surface area contributed by atoms with Crippen molar-refractivity contribution in [3.05, 3.63) is 134 Å². The van der Waals surface area contributed by atoms with Crippen LogP contribution in [-0.4, -0.2) is 37.2 Å². The van der Waals surface area contributed by atoms with Gasteiger partial charge in [0.15, 0.2) is 6.10 Å². The third kappa shape index (κ3) is 64.3. The SMILES string of the molecule is CC/C=C\C/C=C\C/C=C\C/C=C\C/C=C\C/C=C\CCCCCCCCCCCCCCCCC(=O)OCC(COC(=O)CCCCCCC/C=C\CCCC)OC(=O)CCCCCC/C=C\C/C=C\C/C=C\C/C=C\CC. The molecule has 0 aromatic rings. The van der Waals surface area contributed by atoms with Gasteiger partial charge in [0.1, 0.15) is 13.2 Å². The summed E-state index contributed by atoms with van der Waals surface area (Å²) in [7, 11) is 0. The van der Waals surface area contributed by atoms with E-state index >= 15 is 0 Å². The molecule has 0 radical (unpaired) electrons. The van der Waals surface area contributed by atoms with E-state index in [2.05, 4.69) is 154 Å². The minimum Gasteiger partial charge on any atom is -0.462 e. The Kier molecular flexibility index (Phi) is 62.3. The molecule has 0 fully saturated rings. The Morgan fingerprint density at radius 1 is 0.266 bits per heavy atom. The maximum absolute atomic E-state index is 12.9. The first-order valence-electron chi connectivity index (χ1n) is 32.7. The van der Waals surface area contributed by atoms with E-state index in [9.17, 15) is 14.4 Å². The largest absolute Gasteiger partial charge is 0.462 e. The van der Waals surface area contributed by atoms with Crippen LogP contribution in [0.15, 0.2) is 134 Å². The van der Waals surface area contributed by atoms with E-state index in [0.717, 1.165) is 148 Å². The molecule has 6 nitrogen and oxygen atoms in total. The number of hydrogen-bond donors (Lipinski definition) is 0. The van der Waals surface area contributed by atoms with Crippen molar-refractivity contribution in [2.75, 3.05) is 13.2 Å². The highest BCUT2D eigenvalue weighted by Crippen LogP contribution is 2.16. The highest BCUT2D eigenvalue weighted by atomic mass is 16.6. The van der Waals surface area contributed by atoms with Gasteiger partial charge in [0, 0.05) is 19.3 Å². The number of hydrogen-bond acceptors (Lipinski definition) is 6. The molecule has 1 atom stereocenters. The van der Waals surface area contributed by atoms with E-state index in [1.165, 1.54) is 103 Å². The van der Waals surface area contributed by atoms with Gasteiger partial charge in [-0.1, -0.05) is 276 Å². The van der Waals surface area contributed by atoms with Crippen LogP contribution in [0.2, 0.25) is 0 Å². The molecule has 0 spiro atoms. The Morgan fingerprint density at radius 2 is 0.494 bits per heavy atom. The number of carbonyl (C=O) groups is 3. The first-order chi connectivity index (χ1) is 39.0. The number of rotatable bonds is 58. The summed E-state index contributed by atoms with van der Waals surface area (Å²) in [6.45, 7) is 6.35. The molecule has 0 heterocycles. The molecule has 1 unspecified atom stereocenters. The fourth-order valence-electron chi connectivity index (χ4n) is 8.77. The van der Waals surface area contributed by atoms with Crippen LogP contribution in [-0.2, 0) is 28.6 Å². The Bertz CT molecular complexity index is 1680. The topological polar surface area (TPSA) is 78.9 Å². The van der Waals surface area contributed by atoms with Crippen molar-refractivity contribution >= 4 is 17.9 Å². The number of ether oxygens (including phenoxy) is 3. The molecule has 0 aliphatic rings. The third-order valence-electron chi connectivity index (χ3n) is 13.6. The minimum absolute atomic E-state index is 0.0926. The molecule has 0 saturated heterocycles. The Labute approximate surface area is 487 Å². The summed E-state index contributed by atoms with van der Waals surface area (Å²) in [4.78, 5) is 38.2. The zero-order chi connectivity index (χ0) is 57.1. The number of unbranched alkanes of at least 4 members (excludes halogenated alkanes) is 25. The van der Waals surface area contributed by atoms with Gasteiger partial charge >= 0.3 is 17.9 Å². The van der Waals surface area contributed by atoms with Crippen molar-refractivity contribution in [2.24, 2.45) is 0 Å². The van der Waals surface area contributed by atoms with Crippen molar-refractivity contribution in [3.8, 4) is 0 Å². The maximum Gasteiger partial charge on any atom is 0.306 e. The molecule has 0 saturated carbocycles. The summed E-state index contributed by atoms with van der Waals surface area (Å²) in [5, 5.41) is 0. The lowest BCUT2D eigenvalue weighted by Crippen LogP contribution is -2.30. The minimum atomic E-state index is -0.798. The molecule has 0 bridgehead atoms. The van der Waals surface area contributed by atoms with E-state index in [1.807, 2.05) is 0 Å². The maximum atomic E-state index is 12.9. The third-order valence-corrected chi connectivity index (χ3v) is 13.6. The van der Waals surface area contributed by atoms with Crippen LogP contribution in [0.3, 0.4) is 0 Å². The van der Waals surface area contributed by atoms with Gasteiger partial charge in [-0.3, -0.25) is 14.4 Å². The van der Waals surface area contributed by atoms with Crippen LogP contribution in [0.25, 0.3) is 0 Å². The smallest absolute Gasteiger partial charge is 0.306 e. The van der Waals surface area contributed by atoms with Crippen molar-refractivity contribution in [1.82, 2.24) is 0 Å². The summed E-state index contributed by atoms with van der Waals surface area (Å²) in [5.41, 5.74) is 0. The average molecular weight is 1090 g/mol. The molecule has 0 aromatic carbocycles. The Balaban J connectivity index is 4.21. The fourth-order valence-corrected chi connectivity index (χ4v) is 8.77. The standard InChI is InChI=1S/C73H120O6/c1-4-7-10-13-16-19-22-24-26-28-29-30-31-32-33-34-35-36-37-38-39-40-41-42-43-45-46-48-51-54-57-60-63-66-72(75)78-69-70(68-77-71(74)65-62-59-56-53-50-21-18-15-12-9-6-3)79-73(76)67-64-61-58-55-52-49-47-44-27-25-23-20-17-14-11-8-5-2/h7-8,10-11,15-20,24-27,29-30,32-33,35-36,47,49,70H,4-6,9,12-14,21-23,28,31,34,37-46,48,50-69H2,1-3H3/b10-7-,11-8-,18-15-,19-16-,20-17-,26-24-,27-25-,30-29-,33-32-,36-35-,49-47-. The molecule has 448 valence electrons. The molecular formula is C73H120O6. The fraction of sp³-hybridized carbons (Fsp3) is 0.658. The molecule has 0 aliphatic carbocycles. The van der Waals surface area contributed by atoms with E-state index < -0.39 is 6.10 Å². The zero-order valence-corrected chi connectivity index (χ0v) is 51.3. The van der Waals surface area contributed by atoms with Gasteiger partial charge in [-0.05, 0) is 128 Å². The van der Waals surface area contributed by atoms with Gasteiger partial charge < -0.3 is 14.2 Å². The van der Waals surface area contributed by atoms with Gasteiger partial charge in [0.2, 0.25) is 0 Å². The molecule has 6 heteroatoms. The highest BCUT2D eigenvalue weighted by molar-refractivity contribution is 5.71.